The largest absolute Gasteiger partial charge is 0.311 e. The molecule has 226 valence electrons. The summed E-state index contributed by atoms with van der Waals surface area (Å²) < 4.78 is 0. The number of anilines is 6. The van der Waals surface area contributed by atoms with Gasteiger partial charge in [0.15, 0.2) is 0 Å². The minimum Gasteiger partial charge on any atom is -0.311 e. The summed E-state index contributed by atoms with van der Waals surface area (Å²) in [6.45, 7) is 4.68. The van der Waals surface area contributed by atoms with E-state index in [1.165, 1.54) is 50.4 Å². The molecule has 7 aromatic carbocycles. The first kappa shape index (κ1) is 28.6. The van der Waals surface area contributed by atoms with E-state index >= 15 is 0 Å². The fraction of sp³-hybridized carbons (Fsp3) is 0.0667. The first-order chi connectivity index (χ1) is 23.1. The third-order valence-electron chi connectivity index (χ3n) is 9.45. The standard InChI is InChI=1S/C45H36N2/c1-45(2)41-20-12-13-21-43(41)47(38-18-10-5-11-19-38)44-32-36(26-31-42(44)45)35-24-29-40(30-25-35)46(37-16-8-4-9-17-37)39-27-22-34(23-28-39)33-14-6-3-7-15-33/h3-32H,1-2H3. The third-order valence-corrected chi connectivity index (χ3v) is 9.45. The van der Waals surface area contributed by atoms with E-state index in [0.29, 0.717) is 0 Å². The van der Waals surface area contributed by atoms with Crippen LogP contribution in [0.5, 0.6) is 0 Å². The Morgan fingerprint density at radius 1 is 0.383 bits per heavy atom. The minimum absolute atomic E-state index is 0.119. The maximum atomic E-state index is 2.42. The molecule has 0 spiro atoms. The Hall–Kier alpha value is -5.86. The SMILES string of the molecule is CC1(C)c2ccccc2N(c2ccccc2)c2cc(-c3ccc(N(c4ccccc4)c4ccc(-c5ccccc5)cc4)cc3)ccc21. The molecule has 0 unspecified atom stereocenters. The van der Waals surface area contributed by atoms with Crippen molar-refractivity contribution in [2.75, 3.05) is 9.80 Å². The van der Waals surface area contributed by atoms with Crippen LogP contribution in [0, 0.1) is 0 Å². The van der Waals surface area contributed by atoms with Crippen LogP contribution in [0.4, 0.5) is 34.1 Å². The summed E-state index contributed by atoms with van der Waals surface area (Å²) in [6, 6.07) is 65.5. The number of fused-ring (bicyclic) bond motifs is 2. The summed E-state index contributed by atoms with van der Waals surface area (Å²) in [7, 11) is 0. The molecule has 1 heterocycles. The summed E-state index contributed by atoms with van der Waals surface area (Å²) in [6.07, 6.45) is 0. The van der Waals surface area contributed by atoms with E-state index in [-0.39, 0.29) is 5.41 Å². The molecule has 0 aliphatic carbocycles. The van der Waals surface area contributed by atoms with Crippen LogP contribution in [0.1, 0.15) is 25.0 Å². The molecule has 47 heavy (non-hydrogen) atoms. The van der Waals surface area contributed by atoms with Gasteiger partial charge in [0, 0.05) is 28.2 Å². The van der Waals surface area contributed by atoms with Gasteiger partial charge in [0.1, 0.15) is 0 Å². The average molecular weight is 605 g/mol. The van der Waals surface area contributed by atoms with Gasteiger partial charge in [-0.15, -0.1) is 0 Å². The molecule has 0 atom stereocenters. The number of hydrogen-bond acceptors (Lipinski definition) is 2. The molecular formula is C45H36N2. The lowest BCUT2D eigenvalue weighted by Gasteiger charge is -2.42. The zero-order chi connectivity index (χ0) is 31.8. The van der Waals surface area contributed by atoms with E-state index in [2.05, 4.69) is 206 Å². The van der Waals surface area contributed by atoms with E-state index < -0.39 is 0 Å². The highest BCUT2D eigenvalue weighted by molar-refractivity contribution is 5.88. The molecule has 2 heteroatoms. The molecule has 0 aromatic heterocycles. The molecule has 0 bridgehead atoms. The van der Waals surface area contributed by atoms with Crippen LogP contribution in [0.3, 0.4) is 0 Å². The molecule has 1 aliphatic rings. The lowest BCUT2D eigenvalue weighted by Crippen LogP contribution is -2.30. The monoisotopic (exact) mass is 604 g/mol. The second kappa shape index (κ2) is 11.8. The zero-order valence-corrected chi connectivity index (χ0v) is 26.7. The first-order valence-electron chi connectivity index (χ1n) is 16.3. The van der Waals surface area contributed by atoms with Gasteiger partial charge in [0.25, 0.3) is 0 Å². The first-order valence-corrected chi connectivity index (χ1v) is 16.3. The van der Waals surface area contributed by atoms with Crippen molar-refractivity contribution in [1.29, 1.82) is 0 Å². The van der Waals surface area contributed by atoms with Gasteiger partial charge >= 0.3 is 0 Å². The molecule has 0 saturated carbocycles. The fourth-order valence-corrected chi connectivity index (χ4v) is 7.01. The van der Waals surface area contributed by atoms with E-state index in [0.717, 1.165) is 17.1 Å². The van der Waals surface area contributed by atoms with Crippen molar-refractivity contribution in [3.05, 3.63) is 193 Å². The molecule has 0 saturated heterocycles. The molecule has 0 radical (unpaired) electrons. The van der Waals surface area contributed by atoms with Gasteiger partial charge in [0.05, 0.1) is 11.4 Å². The number of rotatable bonds is 6. The van der Waals surface area contributed by atoms with Crippen molar-refractivity contribution in [3.63, 3.8) is 0 Å². The number of hydrogen-bond donors (Lipinski definition) is 0. The Morgan fingerprint density at radius 2 is 0.830 bits per heavy atom. The van der Waals surface area contributed by atoms with Gasteiger partial charge in [-0.25, -0.2) is 0 Å². The lowest BCUT2D eigenvalue weighted by atomic mass is 9.73. The summed E-state index contributed by atoms with van der Waals surface area (Å²) in [5.74, 6) is 0. The highest BCUT2D eigenvalue weighted by atomic mass is 15.2. The average Bonchev–Trinajstić information content (AvgIpc) is 3.14. The van der Waals surface area contributed by atoms with Crippen LogP contribution in [0.25, 0.3) is 22.3 Å². The van der Waals surface area contributed by atoms with Gasteiger partial charge in [-0.05, 0) is 94.0 Å². The molecule has 7 aromatic rings. The topological polar surface area (TPSA) is 6.48 Å². The molecular weight excluding hydrogens is 569 g/mol. The van der Waals surface area contributed by atoms with Crippen LogP contribution in [-0.4, -0.2) is 0 Å². The van der Waals surface area contributed by atoms with Crippen molar-refractivity contribution in [2.45, 2.75) is 19.3 Å². The summed E-state index contributed by atoms with van der Waals surface area (Å²) in [5.41, 5.74) is 14.4. The Labute approximate surface area is 277 Å². The number of benzene rings is 7. The number of para-hydroxylation sites is 3. The van der Waals surface area contributed by atoms with Crippen LogP contribution in [-0.2, 0) is 5.41 Å². The smallest absolute Gasteiger partial charge is 0.0508 e. The van der Waals surface area contributed by atoms with Gasteiger partial charge < -0.3 is 9.80 Å². The second-order valence-corrected chi connectivity index (χ2v) is 12.7. The van der Waals surface area contributed by atoms with Crippen molar-refractivity contribution in [3.8, 4) is 22.3 Å². The highest BCUT2D eigenvalue weighted by Gasteiger charge is 2.36. The van der Waals surface area contributed by atoms with E-state index in [1.807, 2.05) is 0 Å². The number of nitrogens with zero attached hydrogens (tertiary/aromatic N) is 2. The molecule has 0 fully saturated rings. The van der Waals surface area contributed by atoms with E-state index in [4.69, 9.17) is 0 Å². The van der Waals surface area contributed by atoms with Gasteiger partial charge in [-0.3, -0.25) is 0 Å². The molecule has 2 nitrogen and oxygen atoms in total. The quantitative estimate of drug-likeness (QED) is 0.186. The van der Waals surface area contributed by atoms with E-state index in [9.17, 15) is 0 Å². The Morgan fingerprint density at radius 3 is 1.47 bits per heavy atom. The van der Waals surface area contributed by atoms with Crippen LogP contribution >= 0.6 is 0 Å². The Balaban J connectivity index is 1.18. The van der Waals surface area contributed by atoms with Crippen LogP contribution < -0.4 is 9.80 Å². The van der Waals surface area contributed by atoms with Gasteiger partial charge in [-0.2, -0.15) is 0 Å². The Bertz CT molecular complexity index is 2130. The third kappa shape index (κ3) is 5.18. The maximum Gasteiger partial charge on any atom is 0.0508 e. The van der Waals surface area contributed by atoms with Crippen molar-refractivity contribution in [2.24, 2.45) is 0 Å². The zero-order valence-electron chi connectivity index (χ0n) is 26.7. The minimum atomic E-state index is -0.119. The second-order valence-electron chi connectivity index (χ2n) is 12.7. The maximum absolute atomic E-state index is 2.42. The normalized spacial score (nSPS) is 13.0. The van der Waals surface area contributed by atoms with Crippen LogP contribution in [0.15, 0.2) is 182 Å². The fourth-order valence-electron chi connectivity index (χ4n) is 7.01. The van der Waals surface area contributed by atoms with Crippen molar-refractivity contribution in [1.82, 2.24) is 0 Å². The van der Waals surface area contributed by atoms with Gasteiger partial charge in [0.2, 0.25) is 0 Å². The summed E-state index contributed by atoms with van der Waals surface area (Å²) in [4.78, 5) is 4.74. The summed E-state index contributed by atoms with van der Waals surface area (Å²) >= 11 is 0. The summed E-state index contributed by atoms with van der Waals surface area (Å²) in [5, 5.41) is 0. The Kier molecular flexibility index (Phi) is 7.19. The van der Waals surface area contributed by atoms with Crippen molar-refractivity contribution < 1.29 is 0 Å². The van der Waals surface area contributed by atoms with E-state index in [1.54, 1.807) is 0 Å². The predicted octanol–water partition coefficient (Wildman–Crippen LogP) is 12.6. The van der Waals surface area contributed by atoms with Gasteiger partial charge in [-0.1, -0.05) is 135 Å². The molecule has 0 amide bonds. The molecule has 8 rings (SSSR count). The molecule has 1 aliphatic heterocycles. The predicted molar refractivity (Wildman–Crippen MR) is 199 cm³/mol. The van der Waals surface area contributed by atoms with Crippen molar-refractivity contribution >= 4 is 34.1 Å². The van der Waals surface area contributed by atoms with Crippen LogP contribution in [0.2, 0.25) is 0 Å². The molecule has 0 N–H and O–H groups in total. The lowest BCUT2D eigenvalue weighted by molar-refractivity contribution is 0.632. The highest BCUT2D eigenvalue weighted by Crippen LogP contribution is 2.52.